The molecule has 2 aliphatic rings. The van der Waals surface area contributed by atoms with Crippen molar-refractivity contribution >= 4 is 0 Å². The highest BCUT2D eigenvalue weighted by Crippen LogP contribution is 2.37. The summed E-state index contributed by atoms with van der Waals surface area (Å²) in [5.74, 6) is 1.03. The van der Waals surface area contributed by atoms with E-state index < -0.39 is 0 Å². The van der Waals surface area contributed by atoms with Crippen molar-refractivity contribution in [1.29, 1.82) is 0 Å². The molecule has 0 saturated carbocycles. The summed E-state index contributed by atoms with van der Waals surface area (Å²) < 4.78 is 5.50. The maximum Gasteiger partial charge on any atom is 0.123 e. The quantitative estimate of drug-likeness (QED) is 0.893. The summed E-state index contributed by atoms with van der Waals surface area (Å²) in [5.41, 5.74) is 1.33. The third kappa shape index (κ3) is 2.70. The first kappa shape index (κ1) is 13.9. The second-order valence-electron chi connectivity index (χ2n) is 6.10. The predicted octanol–water partition coefficient (Wildman–Crippen LogP) is 2.80. The van der Waals surface area contributed by atoms with Crippen molar-refractivity contribution in [2.45, 2.75) is 57.3 Å². The van der Waals surface area contributed by atoms with Crippen LogP contribution in [0.4, 0.5) is 0 Å². The average molecular weight is 274 g/mol. The minimum Gasteiger partial charge on any atom is -0.496 e. The Morgan fingerprint density at radius 2 is 1.90 bits per heavy atom. The standard InChI is InChI=1S/C17H26N2O/c1-3-18-14-10-15-8-9-16(11-14)19(15)12-13-6-4-5-7-17(13)20-2/h4-7,14-16,18H,3,8-12H2,1-2H3. The minimum atomic E-state index is 0.728. The van der Waals surface area contributed by atoms with Crippen LogP contribution in [0.1, 0.15) is 38.2 Å². The monoisotopic (exact) mass is 274 g/mol. The highest BCUT2D eigenvalue weighted by Gasteiger charge is 2.40. The average Bonchev–Trinajstić information content (AvgIpc) is 2.71. The van der Waals surface area contributed by atoms with E-state index in [0.717, 1.165) is 37.0 Å². The molecule has 2 bridgehead atoms. The lowest BCUT2D eigenvalue weighted by atomic mass is 9.96. The molecule has 0 spiro atoms. The van der Waals surface area contributed by atoms with Crippen molar-refractivity contribution in [3.05, 3.63) is 29.8 Å². The fourth-order valence-electron chi connectivity index (χ4n) is 4.02. The van der Waals surface area contributed by atoms with Gasteiger partial charge in [-0.15, -0.1) is 0 Å². The smallest absolute Gasteiger partial charge is 0.123 e. The van der Waals surface area contributed by atoms with E-state index >= 15 is 0 Å². The Labute approximate surface area is 122 Å². The lowest BCUT2D eigenvalue weighted by molar-refractivity contribution is 0.109. The van der Waals surface area contributed by atoms with Crippen molar-refractivity contribution in [3.63, 3.8) is 0 Å². The molecule has 2 saturated heterocycles. The second-order valence-corrected chi connectivity index (χ2v) is 6.10. The van der Waals surface area contributed by atoms with Gasteiger partial charge in [-0.2, -0.15) is 0 Å². The predicted molar refractivity (Wildman–Crippen MR) is 82.0 cm³/mol. The van der Waals surface area contributed by atoms with Gasteiger partial charge >= 0.3 is 0 Å². The summed E-state index contributed by atoms with van der Waals surface area (Å²) >= 11 is 0. The molecule has 3 rings (SSSR count). The molecular weight excluding hydrogens is 248 g/mol. The molecule has 2 fully saturated rings. The molecule has 2 heterocycles. The number of hydrogen-bond donors (Lipinski definition) is 1. The highest BCUT2D eigenvalue weighted by atomic mass is 16.5. The summed E-state index contributed by atoms with van der Waals surface area (Å²) in [4.78, 5) is 2.71. The van der Waals surface area contributed by atoms with Crippen LogP contribution in [0.2, 0.25) is 0 Å². The van der Waals surface area contributed by atoms with E-state index in [1.807, 2.05) is 6.07 Å². The third-order valence-electron chi connectivity index (χ3n) is 4.92. The summed E-state index contributed by atoms with van der Waals surface area (Å²) in [6.45, 7) is 4.35. The van der Waals surface area contributed by atoms with E-state index in [4.69, 9.17) is 4.74 Å². The molecule has 2 unspecified atom stereocenters. The Kier molecular flexibility index (Phi) is 4.27. The first-order valence-electron chi connectivity index (χ1n) is 7.92. The lowest BCUT2D eigenvalue weighted by Gasteiger charge is -2.39. The summed E-state index contributed by atoms with van der Waals surface area (Å²) in [6.07, 6.45) is 5.34. The number of ether oxygens (including phenoxy) is 1. The Morgan fingerprint density at radius 1 is 1.20 bits per heavy atom. The molecule has 1 aromatic carbocycles. The van der Waals surface area contributed by atoms with Gasteiger partial charge in [0.25, 0.3) is 0 Å². The fraction of sp³-hybridized carbons (Fsp3) is 0.647. The van der Waals surface area contributed by atoms with Gasteiger partial charge in [-0.3, -0.25) is 4.90 Å². The maximum atomic E-state index is 5.50. The van der Waals surface area contributed by atoms with Crippen LogP contribution in [0.15, 0.2) is 24.3 Å². The first-order valence-corrected chi connectivity index (χ1v) is 7.92. The molecule has 0 radical (unpaired) electrons. The first-order chi connectivity index (χ1) is 9.81. The van der Waals surface area contributed by atoms with Gasteiger partial charge in [0.2, 0.25) is 0 Å². The van der Waals surface area contributed by atoms with E-state index in [0.29, 0.717) is 0 Å². The fourth-order valence-corrected chi connectivity index (χ4v) is 4.02. The third-order valence-corrected chi connectivity index (χ3v) is 4.92. The van der Waals surface area contributed by atoms with Gasteiger partial charge in [0, 0.05) is 30.2 Å². The maximum absolute atomic E-state index is 5.50. The second kappa shape index (κ2) is 6.15. The zero-order chi connectivity index (χ0) is 13.9. The number of nitrogens with one attached hydrogen (secondary N) is 1. The number of para-hydroxylation sites is 1. The van der Waals surface area contributed by atoms with E-state index in [2.05, 4.69) is 35.3 Å². The number of benzene rings is 1. The normalized spacial score (nSPS) is 29.6. The zero-order valence-corrected chi connectivity index (χ0v) is 12.6. The number of rotatable bonds is 5. The van der Waals surface area contributed by atoms with Crippen molar-refractivity contribution in [2.75, 3.05) is 13.7 Å². The van der Waals surface area contributed by atoms with E-state index in [1.165, 1.54) is 31.2 Å². The van der Waals surface area contributed by atoms with Crippen LogP contribution in [-0.4, -0.2) is 36.7 Å². The van der Waals surface area contributed by atoms with Gasteiger partial charge in [-0.25, -0.2) is 0 Å². The van der Waals surface area contributed by atoms with E-state index in [-0.39, 0.29) is 0 Å². The minimum absolute atomic E-state index is 0.728. The summed E-state index contributed by atoms with van der Waals surface area (Å²) in [6, 6.07) is 10.7. The van der Waals surface area contributed by atoms with Crippen LogP contribution in [0.5, 0.6) is 5.75 Å². The Morgan fingerprint density at radius 3 is 2.55 bits per heavy atom. The molecule has 3 nitrogen and oxygen atoms in total. The molecule has 1 aromatic rings. The molecule has 3 heteroatoms. The molecule has 1 N–H and O–H groups in total. The van der Waals surface area contributed by atoms with Gasteiger partial charge in [-0.1, -0.05) is 25.1 Å². The van der Waals surface area contributed by atoms with Gasteiger partial charge in [0.15, 0.2) is 0 Å². The van der Waals surface area contributed by atoms with Gasteiger partial charge < -0.3 is 10.1 Å². The largest absolute Gasteiger partial charge is 0.496 e. The Balaban J connectivity index is 1.70. The van der Waals surface area contributed by atoms with Crippen molar-refractivity contribution in [1.82, 2.24) is 10.2 Å². The SMILES string of the molecule is CCNC1CC2CCC(C1)N2Cc1ccccc1OC. The topological polar surface area (TPSA) is 24.5 Å². The number of fused-ring (bicyclic) bond motifs is 2. The highest BCUT2D eigenvalue weighted by molar-refractivity contribution is 5.33. The van der Waals surface area contributed by atoms with Crippen molar-refractivity contribution in [3.8, 4) is 5.75 Å². The van der Waals surface area contributed by atoms with E-state index in [1.54, 1.807) is 7.11 Å². The van der Waals surface area contributed by atoms with Crippen LogP contribution in [0, 0.1) is 0 Å². The summed E-state index contributed by atoms with van der Waals surface area (Å²) in [5, 5.41) is 3.64. The molecule has 2 atom stereocenters. The molecule has 2 aliphatic heterocycles. The Hall–Kier alpha value is -1.06. The Bertz CT molecular complexity index is 434. The lowest BCUT2D eigenvalue weighted by Crippen LogP contribution is -2.48. The van der Waals surface area contributed by atoms with Crippen LogP contribution in [-0.2, 0) is 6.54 Å². The summed E-state index contributed by atoms with van der Waals surface area (Å²) in [7, 11) is 1.77. The van der Waals surface area contributed by atoms with Gasteiger partial charge in [0.05, 0.1) is 7.11 Å². The van der Waals surface area contributed by atoms with E-state index in [9.17, 15) is 0 Å². The molecule has 0 amide bonds. The van der Waals surface area contributed by atoms with Crippen LogP contribution in [0.3, 0.4) is 0 Å². The molecule has 0 aromatic heterocycles. The van der Waals surface area contributed by atoms with Crippen LogP contribution < -0.4 is 10.1 Å². The molecule has 0 aliphatic carbocycles. The number of hydrogen-bond acceptors (Lipinski definition) is 3. The number of nitrogens with zero attached hydrogens (tertiary/aromatic N) is 1. The van der Waals surface area contributed by atoms with Crippen LogP contribution in [0.25, 0.3) is 0 Å². The van der Waals surface area contributed by atoms with Crippen molar-refractivity contribution < 1.29 is 4.74 Å². The van der Waals surface area contributed by atoms with Crippen molar-refractivity contribution in [2.24, 2.45) is 0 Å². The zero-order valence-electron chi connectivity index (χ0n) is 12.6. The van der Waals surface area contributed by atoms with Crippen LogP contribution >= 0.6 is 0 Å². The number of piperidine rings is 1. The number of methoxy groups -OCH3 is 1. The van der Waals surface area contributed by atoms with Gasteiger partial charge in [0.1, 0.15) is 5.75 Å². The molecule has 110 valence electrons. The van der Waals surface area contributed by atoms with Gasteiger partial charge in [-0.05, 0) is 38.3 Å². The molecule has 20 heavy (non-hydrogen) atoms. The molecular formula is C17H26N2O.